The van der Waals surface area contributed by atoms with Gasteiger partial charge in [0.25, 0.3) is 5.56 Å². The van der Waals surface area contributed by atoms with Crippen molar-refractivity contribution in [3.05, 3.63) is 55.9 Å². The average molecular weight is 376 g/mol. The maximum Gasteiger partial charge on any atom is 0.263 e. The SMILES string of the molecule is Cc1cc2c(=O)n(C(C)C(=O)Nc3ccc(C)c(Cl)c3)c(C)nc2s1. The summed E-state index contributed by atoms with van der Waals surface area (Å²) in [6.07, 6.45) is 0. The quantitative estimate of drug-likeness (QED) is 0.744. The van der Waals surface area contributed by atoms with Crippen LogP contribution in [0, 0.1) is 20.8 Å². The highest BCUT2D eigenvalue weighted by Gasteiger charge is 2.21. The number of halogens is 1. The molecule has 2 heterocycles. The predicted octanol–water partition coefficient (Wildman–Crippen LogP) is 4.24. The van der Waals surface area contributed by atoms with Gasteiger partial charge >= 0.3 is 0 Å². The zero-order chi connectivity index (χ0) is 18.3. The van der Waals surface area contributed by atoms with Crippen LogP contribution in [0.15, 0.2) is 29.1 Å². The topological polar surface area (TPSA) is 64.0 Å². The van der Waals surface area contributed by atoms with Crippen LogP contribution in [0.5, 0.6) is 0 Å². The van der Waals surface area contributed by atoms with E-state index < -0.39 is 6.04 Å². The Hall–Kier alpha value is -2.18. The summed E-state index contributed by atoms with van der Waals surface area (Å²) in [5, 5.41) is 3.93. The molecule has 7 heteroatoms. The second kappa shape index (κ2) is 6.61. The summed E-state index contributed by atoms with van der Waals surface area (Å²) in [6.45, 7) is 7.25. The summed E-state index contributed by atoms with van der Waals surface area (Å²) >= 11 is 7.57. The van der Waals surface area contributed by atoms with Crippen molar-refractivity contribution in [2.45, 2.75) is 33.7 Å². The Morgan fingerprint density at radius 1 is 1.28 bits per heavy atom. The zero-order valence-electron chi connectivity index (χ0n) is 14.4. The van der Waals surface area contributed by atoms with E-state index in [4.69, 9.17) is 11.6 Å². The molecule has 130 valence electrons. The van der Waals surface area contributed by atoms with Crippen LogP contribution in [-0.2, 0) is 4.79 Å². The smallest absolute Gasteiger partial charge is 0.263 e. The van der Waals surface area contributed by atoms with Gasteiger partial charge in [-0.15, -0.1) is 11.3 Å². The Morgan fingerprint density at radius 2 is 2.00 bits per heavy atom. The van der Waals surface area contributed by atoms with Gasteiger partial charge in [-0.25, -0.2) is 4.98 Å². The van der Waals surface area contributed by atoms with Crippen LogP contribution in [0.1, 0.15) is 29.2 Å². The molecule has 0 spiro atoms. The van der Waals surface area contributed by atoms with Gasteiger partial charge in [-0.3, -0.25) is 14.2 Å². The molecule has 0 fully saturated rings. The van der Waals surface area contributed by atoms with Crippen molar-refractivity contribution in [1.82, 2.24) is 9.55 Å². The van der Waals surface area contributed by atoms with Crippen LogP contribution >= 0.6 is 22.9 Å². The number of anilines is 1. The fourth-order valence-electron chi connectivity index (χ4n) is 2.71. The van der Waals surface area contributed by atoms with E-state index in [0.717, 1.165) is 10.4 Å². The minimum Gasteiger partial charge on any atom is -0.324 e. The minimum absolute atomic E-state index is 0.198. The Bertz CT molecular complexity index is 1040. The Morgan fingerprint density at radius 3 is 2.68 bits per heavy atom. The van der Waals surface area contributed by atoms with Crippen molar-refractivity contribution in [2.24, 2.45) is 0 Å². The van der Waals surface area contributed by atoms with E-state index in [-0.39, 0.29) is 11.5 Å². The molecule has 2 aromatic heterocycles. The normalized spacial score (nSPS) is 12.4. The molecule has 0 saturated heterocycles. The number of carbonyl (C=O) groups excluding carboxylic acids is 1. The Kier molecular flexibility index (Phi) is 4.67. The van der Waals surface area contributed by atoms with Crippen molar-refractivity contribution < 1.29 is 4.79 Å². The lowest BCUT2D eigenvalue weighted by atomic mass is 10.2. The summed E-state index contributed by atoms with van der Waals surface area (Å²) in [5.41, 5.74) is 1.33. The predicted molar refractivity (Wildman–Crippen MR) is 103 cm³/mol. The summed E-state index contributed by atoms with van der Waals surface area (Å²) < 4.78 is 1.43. The van der Waals surface area contributed by atoms with Gasteiger partial charge in [0, 0.05) is 15.6 Å². The van der Waals surface area contributed by atoms with Gasteiger partial charge in [0.1, 0.15) is 16.7 Å². The number of hydrogen-bond acceptors (Lipinski definition) is 4. The van der Waals surface area contributed by atoms with E-state index in [1.165, 1.54) is 15.9 Å². The number of amides is 1. The third-order valence-electron chi connectivity index (χ3n) is 4.10. The minimum atomic E-state index is -0.690. The number of aromatic nitrogens is 2. The highest BCUT2D eigenvalue weighted by atomic mass is 35.5. The average Bonchev–Trinajstić information content (AvgIpc) is 2.91. The second-order valence-corrected chi connectivity index (χ2v) is 7.68. The van der Waals surface area contributed by atoms with E-state index in [2.05, 4.69) is 10.3 Å². The van der Waals surface area contributed by atoms with E-state index in [1.54, 1.807) is 26.0 Å². The maximum absolute atomic E-state index is 12.8. The molecule has 0 aliphatic rings. The standard InChI is InChI=1S/C18H18ClN3O2S/c1-9-5-6-13(8-15(9)19)21-16(23)11(3)22-12(4)20-17-14(18(22)24)7-10(2)25-17/h5-8,11H,1-4H3,(H,21,23). The third kappa shape index (κ3) is 3.32. The molecule has 1 aromatic carbocycles. The van der Waals surface area contributed by atoms with Crippen LogP contribution < -0.4 is 10.9 Å². The lowest BCUT2D eigenvalue weighted by molar-refractivity contribution is -0.118. The van der Waals surface area contributed by atoms with Crippen LogP contribution in [-0.4, -0.2) is 15.5 Å². The molecule has 0 radical (unpaired) electrons. The number of rotatable bonds is 3. The summed E-state index contributed by atoms with van der Waals surface area (Å²) in [5.74, 6) is 0.224. The fraction of sp³-hybridized carbons (Fsp3) is 0.278. The molecule has 0 aliphatic carbocycles. The Balaban J connectivity index is 1.95. The van der Waals surface area contributed by atoms with Gasteiger partial charge in [-0.2, -0.15) is 0 Å². The van der Waals surface area contributed by atoms with E-state index in [0.29, 0.717) is 26.8 Å². The van der Waals surface area contributed by atoms with Crippen molar-refractivity contribution in [2.75, 3.05) is 5.32 Å². The number of carbonyl (C=O) groups is 1. The first kappa shape index (κ1) is 17.6. The van der Waals surface area contributed by atoms with Crippen molar-refractivity contribution in [1.29, 1.82) is 0 Å². The number of fused-ring (bicyclic) bond motifs is 1. The van der Waals surface area contributed by atoms with Crippen molar-refractivity contribution >= 4 is 44.7 Å². The fourth-order valence-corrected chi connectivity index (χ4v) is 3.80. The number of thiophene rings is 1. The molecule has 1 atom stereocenters. The molecule has 3 rings (SSSR count). The molecular formula is C18H18ClN3O2S. The highest BCUT2D eigenvalue weighted by Crippen LogP contribution is 2.23. The molecule has 0 saturated carbocycles. The first-order valence-electron chi connectivity index (χ1n) is 7.84. The van der Waals surface area contributed by atoms with Crippen LogP contribution in [0.25, 0.3) is 10.2 Å². The van der Waals surface area contributed by atoms with E-state index in [1.807, 2.05) is 26.0 Å². The van der Waals surface area contributed by atoms with Gasteiger partial charge in [-0.05, 0) is 51.5 Å². The van der Waals surface area contributed by atoms with E-state index >= 15 is 0 Å². The molecule has 25 heavy (non-hydrogen) atoms. The lowest BCUT2D eigenvalue weighted by Gasteiger charge is -2.17. The van der Waals surface area contributed by atoms with Gasteiger partial charge in [-0.1, -0.05) is 17.7 Å². The molecule has 0 bridgehead atoms. The van der Waals surface area contributed by atoms with Crippen molar-refractivity contribution in [3.63, 3.8) is 0 Å². The summed E-state index contributed by atoms with van der Waals surface area (Å²) in [7, 11) is 0. The molecule has 1 amide bonds. The van der Waals surface area contributed by atoms with E-state index in [9.17, 15) is 9.59 Å². The van der Waals surface area contributed by atoms with Crippen LogP contribution in [0.2, 0.25) is 5.02 Å². The number of nitrogens with zero attached hydrogens (tertiary/aromatic N) is 2. The number of benzene rings is 1. The van der Waals surface area contributed by atoms with Gasteiger partial charge < -0.3 is 5.32 Å². The molecular weight excluding hydrogens is 358 g/mol. The second-order valence-electron chi connectivity index (χ2n) is 6.04. The van der Waals surface area contributed by atoms with Gasteiger partial charge in [0.2, 0.25) is 5.91 Å². The largest absolute Gasteiger partial charge is 0.324 e. The first-order valence-corrected chi connectivity index (χ1v) is 9.03. The summed E-state index contributed by atoms with van der Waals surface area (Å²) in [6, 6.07) is 6.44. The molecule has 0 aliphatic heterocycles. The highest BCUT2D eigenvalue weighted by molar-refractivity contribution is 7.18. The van der Waals surface area contributed by atoms with Gasteiger partial charge in [0.15, 0.2) is 0 Å². The van der Waals surface area contributed by atoms with Crippen LogP contribution in [0.4, 0.5) is 5.69 Å². The lowest BCUT2D eigenvalue weighted by Crippen LogP contribution is -2.33. The summed E-state index contributed by atoms with van der Waals surface area (Å²) in [4.78, 5) is 31.6. The molecule has 1 N–H and O–H groups in total. The van der Waals surface area contributed by atoms with Crippen molar-refractivity contribution in [3.8, 4) is 0 Å². The third-order valence-corrected chi connectivity index (χ3v) is 5.45. The first-order chi connectivity index (χ1) is 11.8. The Labute approximate surface area is 154 Å². The maximum atomic E-state index is 12.8. The molecule has 3 aromatic rings. The zero-order valence-corrected chi connectivity index (χ0v) is 16.0. The monoisotopic (exact) mass is 375 g/mol. The molecule has 1 unspecified atom stereocenters. The van der Waals surface area contributed by atoms with Crippen LogP contribution in [0.3, 0.4) is 0 Å². The number of aryl methyl sites for hydroxylation is 3. The molecule has 5 nitrogen and oxygen atoms in total. The number of nitrogens with one attached hydrogen (secondary N) is 1. The van der Waals surface area contributed by atoms with Gasteiger partial charge in [0.05, 0.1) is 5.39 Å². The number of hydrogen-bond donors (Lipinski definition) is 1.